The highest BCUT2D eigenvalue weighted by Gasteiger charge is 2.28. The number of aliphatic hydroxyl groups excluding tert-OH is 1. The number of phosphoric ester groups is 1. The number of carboxylic acids is 1. The van der Waals surface area contributed by atoms with Crippen molar-refractivity contribution in [2.75, 3.05) is 19.8 Å². The fourth-order valence-electron chi connectivity index (χ4n) is 4.57. The molecule has 0 rings (SSSR count). The third kappa shape index (κ3) is 39.1. The van der Waals surface area contributed by atoms with Crippen molar-refractivity contribution in [1.82, 2.24) is 0 Å². The van der Waals surface area contributed by atoms with Gasteiger partial charge in [-0.05, 0) is 83.5 Å². The Bertz CT molecular complexity index is 1470. The fourth-order valence-corrected chi connectivity index (χ4v) is 5.34. The monoisotopic (exact) mass is 843 g/mol. The predicted molar refractivity (Wildman–Crippen MR) is 236 cm³/mol. The van der Waals surface area contributed by atoms with Crippen LogP contribution in [-0.4, -0.2) is 71.1 Å². The summed E-state index contributed by atoms with van der Waals surface area (Å²) in [4.78, 5) is 45.9. The van der Waals surface area contributed by atoms with Crippen LogP contribution in [-0.2, 0) is 37.5 Å². The zero-order valence-corrected chi connectivity index (χ0v) is 36.0. The third-order valence-corrected chi connectivity index (χ3v) is 8.73. The number of rotatable bonds is 36. The second-order valence-electron chi connectivity index (χ2n) is 13.2. The lowest BCUT2D eigenvalue weighted by atomic mass is 10.2. The van der Waals surface area contributed by atoms with Gasteiger partial charge in [-0.15, -0.1) is 0 Å². The molecule has 2 unspecified atom stereocenters. The summed E-state index contributed by atoms with van der Waals surface area (Å²) in [5, 5.41) is 18.6. The average Bonchev–Trinajstić information content (AvgIpc) is 3.21. The zero-order valence-electron chi connectivity index (χ0n) is 35.1. The van der Waals surface area contributed by atoms with E-state index in [1.165, 1.54) is 0 Å². The van der Waals surface area contributed by atoms with Gasteiger partial charge in [0.15, 0.2) is 6.10 Å². The quantitative estimate of drug-likeness (QED) is 0.0154. The lowest BCUT2D eigenvalue weighted by Crippen LogP contribution is -2.34. The largest absolute Gasteiger partial charge is 0.480 e. The van der Waals surface area contributed by atoms with Crippen LogP contribution >= 0.6 is 7.82 Å². The number of phosphoric acid groups is 1. The lowest BCUT2D eigenvalue weighted by Gasteiger charge is -2.20. The van der Waals surface area contributed by atoms with Crippen molar-refractivity contribution in [3.05, 3.63) is 122 Å². The van der Waals surface area contributed by atoms with E-state index in [1.54, 1.807) is 6.08 Å². The van der Waals surface area contributed by atoms with Crippen LogP contribution in [0.5, 0.6) is 0 Å². The summed E-state index contributed by atoms with van der Waals surface area (Å²) in [7, 11) is -4.76. The molecule has 0 aromatic carbocycles. The standard InChI is InChI=1S/C46H70NO11P/c1-3-5-7-8-9-10-11-12-13-14-15-16-21-24-27-30-33-37-45(50)58-42(39-56-59(53,54)57-40-43(47)46(51)52)38-55-44(49)36-32-29-26-23-20-18-17-19-22-25-28-31-35-41(48)34-6-4-2/h5-7,9-10,12-13,15-18,22-28,31,34,41-43,48H,3-4,8,11,14,19-21,29-30,32-33,35-40,47H2,1-2H3,(H,51,52)(H,53,54)/b7-5-,10-9-,13-12-,16-15-,18-17-,25-22-,26-23-,27-24-,31-28+,34-6-/t41?,42-,43+/m1/s1. The second-order valence-corrected chi connectivity index (χ2v) is 14.7. The number of unbranched alkanes of at least 4 members (excludes halogenated alkanes) is 2. The number of carbonyl (C=O) groups is 3. The summed E-state index contributed by atoms with van der Waals surface area (Å²) in [6, 6.07) is -1.55. The molecular formula is C46H70NO11P. The highest BCUT2D eigenvalue weighted by molar-refractivity contribution is 7.47. The van der Waals surface area contributed by atoms with E-state index in [2.05, 4.69) is 66.1 Å². The highest BCUT2D eigenvalue weighted by Crippen LogP contribution is 2.43. The normalized spacial score (nSPS) is 15.5. The maximum absolute atomic E-state index is 12.6. The smallest absolute Gasteiger partial charge is 0.472 e. The van der Waals surface area contributed by atoms with E-state index in [4.69, 9.17) is 24.8 Å². The Labute approximate surface area is 352 Å². The minimum atomic E-state index is -4.76. The Balaban J connectivity index is 4.65. The first-order valence-corrected chi connectivity index (χ1v) is 22.2. The van der Waals surface area contributed by atoms with Crippen LogP contribution in [0.1, 0.15) is 110 Å². The molecule has 0 aromatic heterocycles. The molecule has 0 aliphatic heterocycles. The number of aliphatic carboxylic acids is 1. The summed E-state index contributed by atoms with van der Waals surface area (Å²) >= 11 is 0. The first-order chi connectivity index (χ1) is 28.5. The molecule has 0 bridgehead atoms. The van der Waals surface area contributed by atoms with Gasteiger partial charge in [-0.1, -0.05) is 135 Å². The number of esters is 2. The number of allylic oxidation sites excluding steroid dienone is 18. The lowest BCUT2D eigenvalue weighted by molar-refractivity contribution is -0.161. The van der Waals surface area contributed by atoms with Crippen LogP contribution < -0.4 is 5.73 Å². The second kappa shape index (κ2) is 39.3. The molecule has 0 fully saturated rings. The number of carbonyl (C=O) groups excluding carboxylic acids is 2. The maximum atomic E-state index is 12.6. The maximum Gasteiger partial charge on any atom is 0.472 e. The van der Waals surface area contributed by atoms with Gasteiger partial charge in [-0.2, -0.15) is 0 Å². The SMILES string of the molecule is CC/C=C\C/C=C\C/C=C\C/C=C\C/C=C\CCCC(=O)O[C@H](COC(=O)CCC/C=C\C/C=C\C/C=C\C=C\CC(O)/C=C\CC)COP(=O)(O)OC[C@H](N)C(=O)O. The predicted octanol–water partition coefficient (Wildman–Crippen LogP) is 9.80. The summed E-state index contributed by atoms with van der Waals surface area (Å²) in [5.41, 5.74) is 5.32. The van der Waals surface area contributed by atoms with Gasteiger partial charge in [-0.25, -0.2) is 4.57 Å². The van der Waals surface area contributed by atoms with Crippen molar-refractivity contribution < 1.29 is 52.6 Å². The van der Waals surface area contributed by atoms with Crippen LogP contribution in [0.25, 0.3) is 0 Å². The van der Waals surface area contributed by atoms with Crippen molar-refractivity contribution in [2.45, 2.75) is 128 Å². The minimum absolute atomic E-state index is 0.0538. The van der Waals surface area contributed by atoms with Crippen LogP contribution in [0, 0.1) is 0 Å². The third-order valence-electron chi connectivity index (χ3n) is 7.78. The molecule has 0 amide bonds. The van der Waals surface area contributed by atoms with Crippen molar-refractivity contribution in [1.29, 1.82) is 0 Å². The number of carboxylic acid groups (broad SMARTS) is 1. The van der Waals surface area contributed by atoms with E-state index in [1.807, 2.05) is 67.7 Å². The summed E-state index contributed by atoms with van der Waals surface area (Å²) in [6.07, 6.45) is 49.1. The Morgan fingerprint density at radius 1 is 0.610 bits per heavy atom. The van der Waals surface area contributed by atoms with E-state index in [-0.39, 0.29) is 12.8 Å². The zero-order chi connectivity index (χ0) is 43.7. The first kappa shape index (κ1) is 54.8. The van der Waals surface area contributed by atoms with Crippen LogP contribution in [0.3, 0.4) is 0 Å². The molecule has 5 N–H and O–H groups in total. The molecule has 0 saturated carbocycles. The fraction of sp³-hybridized carbons (Fsp3) is 0.500. The molecule has 0 spiro atoms. The molecule has 59 heavy (non-hydrogen) atoms. The van der Waals surface area contributed by atoms with E-state index in [9.17, 15) is 28.9 Å². The van der Waals surface area contributed by atoms with Crippen molar-refractivity contribution in [3.63, 3.8) is 0 Å². The van der Waals surface area contributed by atoms with Gasteiger partial charge in [0, 0.05) is 12.8 Å². The molecule has 0 aliphatic rings. The highest BCUT2D eigenvalue weighted by atomic mass is 31.2. The van der Waals surface area contributed by atoms with Gasteiger partial charge in [0.1, 0.15) is 12.6 Å². The number of ether oxygens (including phenoxy) is 2. The Hall–Kier alpha value is -4.16. The van der Waals surface area contributed by atoms with Crippen LogP contribution in [0.2, 0.25) is 0 Å². The molecular weight excluding hydrogens is 773 g/mol. The van der Waals surface area contributed by atoms with Gasteiger partial charge in [0.2, 0.25) is 0 Å². The number of hydrogen-bond acceptors (Lipinski definition) is 10. The topological polar surface area (TPSA) is 192 Å². The Morgan fingerprint density at radius 2 is 1.07 bits per heavy atom. The van der Waals surface area contributed by atoms with Crippen LogP contribution in [0.15, 0.2) is 122 Å². The molecule has 0 radical (unpaired) electrons. The number of aliphatic hydroxyl groups is 1. The summed E-state index contributed by atoms with van der Waals surface area (Å²) in [6.45, 7) is 2.29. The van der Waals surface area contributed by atoms with E-state index in [0.717, 1.165) is 51.4 Å². The van der Waals surface area contributed by atoms with Crippen LogP contribution in [0.4, 0.5) is 0 Å². The minimum Gasteiger partial charge on any atom is -0.480 e. The molecule has 0 heterocycles. The molecule has 12 nitrogen and oxygen atoms in total. The molecule has 0 aliphatic carbocycles. The van der Waals surface area contributed by atoms with Gasteiger partial charge < -0.3 is 30.3 Å². The molecule has 0 aromatic rings. The van der Waals surface area contributed by atoms with Gasteiger partial charge in [0.25, 0.3) is 0 Å². The number of nitrogens with two attached hydrogens (primary N) is 1. The van der Waals surface area contributed by atoms with E-state index < -0.39 is 63.8 Å². The molecule has 13 heteroatoms. The summed E-state index contributed by atoms with van der Waals surface area (Å²) < 4.78 is 32.5. The van der Waals surface area contributed by atoms with Crippen molar-refractivity contribution >= 4 is 25.7 Å². The van der Waals surface area contributed by atoms with Gasteiger partial charge in [-0.3, -0.25) is 23.4 Å². The number of hydrogen-bond donors (Lipinski definition) is 4. The van der Waals surface area contributed by atoms with E-state index >= 15 is 0 Å². The Kier molecular flexibility index (Phi) is 36.5. The van der Waals surface area contributed by atoms with Crippen molar-refractivity contribution in [3.8, 4) is 0 Å². The molecule has 0 saturated heterocycles. The molecule has 330 valence electrons. The van der Waals surface area contributed by atoms with E-state index in [0.29, 0.717) is 32.1 Å². The summed E-state index contributed by atoms with van der Waals surface area (Å²) in [5.74, 6) is -2.58. The van der Waals surface area contributed by atoms with Gasteiger partial charge >= 0.3 is 25.7 Å². The van der Waals surface area contributed by atoms with Gasteiger partial charge in [0.05, 0.1) is 19.3 Å². The molecule has 4 atom stereocenters. The first-order valence-electron chi connectivity index (χ1n) is 20.7. The van der Waals surface area contributed by atoms with Crippen molar-refractivity contribution in [2.24, 2.45) is 5.73 Å². The average molecular weight is 844 g/mol. The Morgan fingerprint density at radius 3 is 1.59 bits per heavy atom.